The van der Waals surface area contributed by atoms with Crippen LogP contribution in [0.3, 0.4) is 0 Å². The van der Waals surface area contributed by atoms with E-state index in [0.29, 0.717) is 17.1 Å². The van der Waals surface area contributed by atoms with E-state index < -0.39 is 11.7 Å². The molecule has 0 atom stereocenters. The average molecular weight is 258 g/mol. The number of rotatable bonds is 2. The highest BCUT2D eigenvalue weighted by Crippen LogP contribution is 2.31. The van der Waals surface area contributed by atoms with Gasteiger partial charge in [-0.25, -0.2) is 4.98 Å². The fourth-order valence-electron chi connectivity index (χ4n) is 1.34. The van der Waals surface area contributed by atoms with E-state index in [9.17, 15) is 13.2 Å². The Kier molecular flexibility index (Phi) is 3.17. The van der Waals surface area contributed by atoms with Crippen molar-refractivity contribution in [3.63, 3.8) is 0 Å². The Labute approximate surface area is 99.9 Å². The molecule has 0 radical (unpaired) electrons. The highest BCUT2D eigenvalue weighted by Gasteiger charge is 2.30. The van der Waals surface area contributed by atoms with Gasteiger partial charge in [-0.2, -0.15) is 13.2 Å². The van der Waals surface area contributed by atoms with E-state index in [0.717, 1.165) is 17.8 Å². The zero-order valence-corrected chi connectivity index (χ0v) is 9.48. The van der Waals surface area contributed by atoms with Gasteiger partial charge in [0.2, 0.25) is 0 Å². The maximum absolute atomic E-state index is 12.4. The summed E-state index contributed by atoms with van der Waals surface area (Å²) in [6.45, 7) is 0.330. The monoisotopic (exact) mass is 258 g/mol. The fourth-order valence-corrected chi connectivity index (χ4v) is 2.17. The van der Waals surface area contributed by atoms with Crippen LogP contribution in [0.2, 0.25) is 0 Å². The zero-order chi connectivity index (χ0) is 12.5. The van der Waals surface area contributed by atoms with Gasteiger partial charge in [0.1, 0.15) is 5.01 Å². The third kappa shape index (κ3) is 2.65. The van der Waals surface area contributed by atoms with Gasteiger partial charge in [-0.1, -0.05) is 12.1 Å². The van der Waals surface area contributed by atoms with Gasteiger partial charge >= 0.3 is 6.18 Å². The van der Waals surface area contributed by atoms with Crippen molar-refractivity contribution in [3.05, 3.63) is 40.9 Å². The first kappa shape index (κ1) is 12.1. The number of alkyl halides is 3. The topological polar surface area (TPSA) is 38.9 Å². The van der Waals surface area contributed by atoms with Crippen LogP contribution >= 0.6 is 11.3 Å². The smallest absolute Gasteiger partial charge is 0.325 e. The molecule has 1 aromatic heterocycles. The molecular weight excluding hydrogens is 249 g/mol. The van der Waals surface area contributed by atoms with Crippen molar-refractivity contribution in [3.8, 4) is 10.6 Å². The van der Waals surface area contributed by atoms with Gasteiger partial charge in [-0.3, -0.25) is 0 Å². The summed E-state index contributed by atoms with van der Waals surface area (Å²) >= 11 is 1.37. The summed E-state index contributed by atoms with van der Waals surface area (Å²) in [6.07, 6.45) is -4.30. The third-order valence-electron chi connectivity index (χ3n) is 2.22. The van der Waals surface area contributed by atoms with Crippen molar-refractivity contribution in [1.82, 2.24) is 4.98 Å². The SMILES string of the molecule is NCc1csc(-c2ccc(C(F)(F)F)cc2)n1. The molecule has 0 spiro atoms. The number of aromatic nitrogens is 1. The lowest BCUT2D eigenvalue weighted by molar-refractivity contribution is -0.137. The molecule has 2 rings (SSSR count). The molecule has 1 heterocycles. The first-order chi connectivity index (χ1) is 8.00. The molecule has 0 saturated heterocycles. The van der Waals surface area contributed by atoms with E-state index in [-0.39, 0.29) is 0 Å². The molecule has 0 aliphatic rings. The minimum atomic E-state index is -4.30. The Bertz CT molecular complexity index is 502. The number of benzene rings is 1. The van der Waals surface area contributed by atoms with Gasteiger partial charge in [-0.15, -0.1) is 11.3 Å². The van der Waals surface area contributed by atoms with Crippen LogP contribution in [0.5, 0.6) is 0 Å². The summed E-state index contributed by atoms with van der Waals surface area (Å²) in [5.74, 6) is 0. The summed E-state index contributed by atoms with van der Waals surface area (Å²) in [5.41, 5.74) is 6.17. The third-order valence-corrected chi connectivity index (χ3v) is 3.16. The van der Waals surface area contributed by atoms with Crippen molar-refractivity contribution in [1.29, 1.82) is 0 Å². The Hall–Kier alpha value is -1.40. The fraction of sp³-hybridized carbons (Fsp3) is 0.182. The number of halogens is 3. The van der Waals surface area contributed by atoms with E-state index in [4.69, 9.17) is 5.73 Å². The quantitative estimate of drug-likeness (QED) is 0.897. The van der Waals surface area contributed by atoms with Crippen LogP contribution in [0.25, 0.3) is 10.6 Å². The molecule has 90 valence electrons. The lowest BCUT2D eigenvalue weighted by Gasteiger charge is -2.06. The average Bonchev–Trinajstić information content (AvgIpc) is 2.76. The highest BCUT2D eigenvalue weighted by atomic mass is 32.1. The van der Waals surface area contributed by atoms with Gasteiger partial charge in [0.25, 0.3) is 0 Å². The molecule has 0 aliphatic carbocycles. The molecule has 2 nitrogen and oxygen atoms in total. The maximum atomic E-state index is 12.4. The number of nitrogens with zero attached hydrogens (tertiary/aromatic N) is 1. The second kappa shape index (κ2) is 4.46. The molecule has 0 saturated carbocycles. The number of hydrogen-bond acceptors (Lipinski definition) is 3. The van der Waals surface area contributed by atoms with E-state index in [1.807, 2.05) is 0 Å². The number of thiazole rings is 1. The zero-order valence-electron chi connectivity index (χ0n) is 8.66. The summed E-state index contributed by atoms with van der Waals surface area (Å²) < 4.78 is 37.1. The first-order valence-electron chi connectivity index (χ1n) is 4.83. The van der Waals surface area contributed by atoms with Gasteiger partial charge in [0.15, 0.2) is 0 Å². The van der Waals surface area contributed by atoms with Crippen LogP contribution in [0, 0.1) is 0 Å². The van der Waals surface area contributed by atoms with Gasteiger partial charge in [0.05, 0.1) is 11.3 Å². The van der Waals surface area contributed by atoms with Crippen molar-refractivity contribution in [2.45, 2.75) is 12.7 Å². The second-order valence-electron chi connectivity index (χ2n) is 3.42. The van der Waals surface area contributed by atoms with Crippen LogP contribution in [0.1, 0.15) is 11.3 Å². The standard InChI is InChI=1S/C11H9F3N2S/c12-11(13,14)8-3-1-7(2-4-8)10-16-9(5-15)6-17-10/h1-4,6H,5,15H2. The molecule has 0 fully saturated rings. The first-order valence-corrected chi connectivity index (χ1v) is 5.71. The van der Waals surface area contributed by atoms with Crippen molar-refractivity contribution < 1.29 is 13.2 Å². The molecular formula is C11H9F3N2S. The predicted molar refractivity (Wildman–Crippen MR) is 60.4 cm³/mol. The van der Waals surface area contributed by atoms with E-state index in [1.54, 1.807) is 5.38 Å². The molecule has 1 aromatic carbocycles. The van der Waals surface area contributed by atoms with Gasteiger partial charge in [0, 0.05) is 17.5 Å². The molecule has 6 heteroatoms. The summed E-state index contributed by atoms with van der Waals surface area (Å²) in [7, 11) is 0. The van der Waals surface area contributed by atoms with Crippen LogP contribution in [-0.4, -0.2) is 4.98 Å². The Morgan fingerprint density at radius 2 is 1.82 bits per heavy atom. The molecule has 2 N–H and O–H groups in total. The van der Waals surface area contributed by atoms with Crippen LogP contribution in [0.15, 0.2) is 29.6 Å². The summed E-state index contributed by atoms with van der Waals surface area (Å²) in [6, 6.07) is 4.95. The summed E-state index contributed by atoms with van der Waals surface area (Å²) in [4.78, 5) is 4.20. The second-order valence-corrected chi connectivity index (χ2v) is 4.28. The molecule has 0 aliphatic heterocycles. The maximum Gasteiger partial charge on any atom is 0.416 e. The lowest BCUT2D eigenvalue weighted by atomic mass is 10.1. The van der Waals surface area contributed by atoms with Crippen molar-refractivity contribution >= 4 is 11.3 Å². The van der Waals surface area contributed by atoms with Crippen LogP contribution in [0.4, 0.5) is 13.2 Å². The number of hydrogen-bond donors (Lipinski definition) is 1. The van der Waals surface area contributed by atoms with Gasteiger partial charge < -0.3 is 5.73 Å². The predicted octanol–water partition coefficient (Wildman–Crippen LogP) is 3.29. The molecule has 2 aromatic rings. The Morgan fingerprint density at radius 3 is 2.29 bits per heavy atom. The minimum Gasteiger partial charge on any atom is -0.325 e. The van der Waals surface area contributed by atoms with Crippen molar-refractivity contribution in [2.75, 3.05) is 0 Å². The minimum absolute atomic E-state index is 0.330. The molecule has 0 amide bonds. The highest BCUT2D eigenvalue weighted by molar-refractivity contribution is 7.13. The van der Waals surface area contributed by atoms with E-state index in [2.05, 4.69) is 4.98 Å². The Balaban J connectivity index is 2.29. The van der Waals surface area contributed by atoms with Crippen LogP contribution in [-0.2, 0) is 12.7 Å². The summed E-state index contributed by atoms with van der Waals surface area (Å²) in [5, 5.41) is 2.48. The lowest BCUT2D eigenvalue weighted by Crippen LogP contribution is -2.04. The molecule has 17 heavy (non-hydrogen) atoms. The normalized spacial score (nSPS) is 11.8. The van der Waals surface area contributed by atoms with E-state index >= 15 is 0 Å². The van der Waals surface area contributed by atoms with Gasteiger partial charge in [-0.05, 0) is 12.1 Å². The molecule has 0 unspecified atom stereocenters. The van der Waals surface area contributed by atoms with Crippen LogP contribution < -0.4 is 5.73 Å². The molecule has 0 bridgehead atoms. The largest absolute Gasteiger partial charge is 0.416 e. The Morgan fingerprint density at radius 1 is 1.18 bits per heavy atom. The van der Waals surface area contributed by atoms with Crippen molar-refractivity contribution in [2.24, 2.45) is 5.73 Å². The number of nitrogens with two attached hydrogens (primary N) is 1. The van der Waals surface area contributed by atoms with E-state index in [1.165, 1.54) is 23.5 Å².